The predicted octanol–water partition coefficient (Wildman–Crippen LogP) is 4.83. The summed E-state index contributed by atoms with van der Waals surface area (Å²) in [6.07, 6.45) is 5.09. The molecule has 3 aromatic rings. The number of hydrogen-bond donors (Lipinski definition) is 0. The van der Waals surface area contributed by atoms with E-state index in [1.807, 2.05) is 12.1 Å². The second kappa shape index (κ2) is 9.09. The van der Waals surface area contributed by atoms with E-state index in [9.17, 15) is 19.2 Å². The number of allylic oxidation sites excluding steroid dienone is 2. The molecule has 0 spiro atoms. The van der Waals surface area contributed by atoms with Crippen LogP contribution in [0.2, 0.25) is 0 Å². The van der Waals surface area contributed by atoms with Gasteiger partial charge in [-0.15, -0.1) is 0 Å². The van der Waals surface area contributed by atoms with E-state index in [0.29, 0.717) is 22.4 Å². The van der Waals surface area contributed by atoms with E-state index in [4.69, 9.17) is 0 Å². The maximum Gasteiger partial charge on any atom is 0.240 e. The molecule has 2 saturated heterocycles. The van der Waals surface area contributed by atoms with E-state index in [1.54, 1.807) is 96.0 Å². The molecule has 0 bridgehead atoms. The molecule has 0 aromatic heterocycles. The van der Waals surface area contributed by atoms with E-state index >= 15 is 0 Å². The van der Waals surface area contributed by atoms with Crippen LogP contribution in [0.4, 0.5) is 5.69 Å². The first kappa shape index (κ1) is 23.3. The minimum atomic E-state index is -0.874. The fraction of sp³-hybridized carbons (Fsp3) is 0.133. The van der Waals surface area contributed by atoms with Crippen molar-refractivity contribution < 1.29 is 19.2 Å². The first-order valence-electron chi connectivity index (χ1n) is 12.0. The highest BCUT2D eigenvalue weighted by Crippen LogP contribution is 2.47. The second-order valence-electron chi connectivity index (χ2n) is 9.29. The Bertz CT molecular complexity index is 1480. The number of anilines is 1. The average Bonchev–Trinajstić information content (AvgIpc) is 3.40. The molecule has 0 saturated carbocycles. The van der Waals surface area contributed by atoms with Gasteiger partial charge in [0.15, 0.2) is 11.6 Å². The molecule has 2 amide bonds. The number of rotatable bonds is 5. The minimum Gasteiger partial charge on any atom is -0.359 e. The normalized spacial score (nSPS) is 24.1. The second-order valence-corrected chi connectivity index (χ2v) is 10.2. The Kier molecular flexibility index (Phi) is 5.72. The van der Waals surface area contributed by atoms with Gasteiger partial charge in [-0.25, -0.2) is 4.90 Å². The van der Waals surface area contributed by atoms with Gasteiger partial charge in [-0.05, 0) is 30.3 Å². The SMILES string of the molecule is O=C(C1=C[C@@H]2[C@@H]3C(=O)N(c4ccccc4)C(=O)[C@@H]3[C@H](C(=O)c3ccc(Br)cc3)N2C=C1)c1ccccc1. The number of nitrogens with zero attached hydrogens (tertiary/aromatic N) is 2. The van der Waals surface area contributed by atoms with Gasteiger partial charge in [0, 0.05) is 27.4 Å². The third-order valence-corrected chi connectivity index (χ3v) is 7.79. The van der Waals surface area contributed by atoms with Crippen LogP contribution in [-0.2, 0) is 9.59 Å². The molecule has 6 rings (SSSR count). The number of imide groups is 1. The summed E-state index contributed by atoms with van der Waals surface area (Å²) >= 11 is 3.39. The van der Waals surface area contributed by atoms with Crippen LogP contribution in [0.3, 0.4) is 0 Å². The molecule has 0 N–H and O–H groups in total. The van der Waals surface area contributed by atoms with Gasteiger partial charge in [0.2, 0.25) is 11.8 Å². The lowest BCUT2D eigenvalue weighted by Gasteiger charge is -2.32. The Morgan fingerprint density at radius 2 is 1.35 bits per heavy atom. The molecule has 4 atom stereocenters. The number of Topliss-reactive ketones (excluding diaryl/α,β-unsaturated/α-hetero) is 2. The number of fused-ring (bicyclic) bond motifs is 3. The number of para-hydroxylation sites is 1. The molecule has 3 aliphatic rings. The Balaban J connectivity index is 1.43. The van der Waals surface area contributed by atoms with Crippen molar-refractivity contribution in [3.8, 4) is 0 Å². The van der Waals surface area contributed by atoms with Crippen molar-refractivity contribution in [2.24, 2.45) is 11.8 Å². The first-order valence-corrected chi connectivity index (χ1v) is 12.7. The highest BCUT2D eigenvalue weighted by molar-refractivity contribution is 9.10. The predicted molar refractivity (Wildman–Crippen MR) is 142 cm³/mol. The number of carbonyl (C=O) groups is 4. The van der Waals surface area contributed by atoms with Gasteiger partial charge in [-0.1, -0.05) is 82.7 Å². The maximum absolute atomic E-state index is 13.8. The van der Waals surface area contributed by atoms with E-state index in [1.165, 1.54) is 4.90 Å². The summed E-state index contributed by atoms with van der Waals surface area (Å²) in [7, 11) is 0. The largest absolute Gasteiger partial charge is 0.359 e. The third-order valence-electron chi connectivity index (χ3n) is 7.26. The number of amides is 2. The smallest absolute Gasteiger partial charge is 0.240 e. The van der Waals surface area contributed by atoms with Gasteiger partial charge in [0.05, 0.1) is 23.6 Å². The number of hydrogen-bond acceptors (Lipinski definition) is 5. The summed E-state index contributed by atoms with van der Waals surface area (Å²) in [6, 6.07) is 23.1. The lowest BCUT2D eigenvalue weighted by molar-refractivity contribution is -0.123. The van der Waals surface area contributed by atoms with E-state index < -0.39 is 29.8 Å². The van der Waals surface area contributed by atoms with Crippen molar-refractivity contribution in [1.82, 2.24) is 4.90 Å². The monoisotopic (exact) mass is 552 g/mol. The maximum atomic E-state index is 13.8. The molecule has 2 fully saturated rings. The number of benzene rings is 3. The fourth-order valence-electron chi connectivity index (χ4n) is 5.57. The van der Waals surface area contributed by atoms with Crippen LogP contribution in [0, 0.1) is 11.8 Å². The van der Waals surface area contributed by atoms with Gasteiger partial charge < -0.3 is 4.90 Å². The lowest BCUT2D eigenvalue weighted by atomic mass is 9.85. The van der Waals surface area contributed by atoms with Crippen LogP contribution in [0.15, 0.2) is 113 Å². The summed E-state index contributed by atoms with van der Waals surface area (Å²) in [5.41, 5.74) is 1.89. The third kappa shape index (κ3) is 3.78. The molecule has 3 heterocycles. The van der Waals surface area contributed by atoms with E-state index in [0.717, 1.165) is 4.47 Å². The topological polar surface area (TPSA) is 74.8 Å². The molecule has 0 aliphatic carbocycles. The van der Waals surface area contributed by atoms with Crippen molar-refractivity contribution in [2.45, 2.75) is 12.1 Å². The van der Waals surface area contributed by atoms with Crippen molar-refractivity contribution in [3.63, 3.8) is 0 Å². The molecule has 6 nitrogen and oxygen atoms in total. The van der Waals surface area contributed by atoms with Crippen molar-refractivity contribution in [1.29, 1.82) is 0 Å². The summed E-state index contributed by atoms with van der Waals surface area (Å²) < 4.78 is 0.832. The van der Waals surface area contributed by atoms with Gasteiger partial charge in [-0.3, -0.25) is 19.2 Å². The van der Waals surface area contributed by atoms with Crippen LogP contribution in [0.5, 0.6) is 0 Å². The highest BCUT2D eigenvalue weighted by Gasteiger charge is 2.63. The van der Waals surface area contributed by atoms with Crippen LogP contribution < -0.4 is 4.90 Å². The quantitative estimate of drug-likeness (QED) is 0.335. The molecule has 3 aromatic carbocycles. The Morgan fingerprint density at radius 3 is 2.03 bits per heavy atom. The zero-order chi connectivity index (χ0) is 25.7. The van der Waals surface area contributed by atoms with Crippen molar-refractivity contribution in [3.05, 3.63) is 124 Å². The highest BCUT2D eigenvalue weighted by atomic mass is 79.9. The number of halogens is 1. The van der Waals surface area contributed by atoms with Crippen LogP contribution in [-0.4, -0.2) is 40.4 Å². The van der Waals surface area contributed by atoms with Crippen LogP contribution in [0.1, 0.15) is 20.7 Å². The zero-order valence-electron chi connectivity index (χ0n) is 19.5. The van der Waals surface area contributed by atoms with Crippen LogP contribution in [0.25, 0.3) is 0 Å². The molecule has 0 unspecified atom stereocenters. The van der Waals surface area contributed by atoms with Crippen LogP contribution >= 0.6 is 15.9 Å². The van der Waals surface area contributed by atoms with E-state index in [-0.39, 0.29) is 17.5 Å². The summed E-state index contributed by atoms with van der Waals surface area (Å²) in [5, 5.41) is 0. The summed E-state index contributed by atoms with van der Waals surface area (Å²) in [5.74, 6) is -2.84. The number of carbonyl (C=O) groups excluding carboxylic acids is 4. The van der Waals surface area contributed by atoms with Crippen molar-refractivity contribution >= 4 is 45.0 Å². The Hall–Kier alpha value is -4.10. The zero-order valence-corrected chi connectivity index (χ0v) is 21.1. The first-order chi connectivity index (χ1) is 18.0. The van der Waals surface area contributed by atoms with Crippen molar-refractivity contribution in [2.75, 3.05) is 4.90 Å². The standard InChI is InChI=1S/C30H21BrN2O4/c31-21-13-11-19(12-14-21)28(35)26-25-24(29(36)33(30(25)37)22-9-5-2-6-10-22)23-17-20(15-16-32(23)26)27(34)18-7-3-1-4-8-18/h1-17,23-26H/t23-,24+,25+,26-/m1/s1. The van der Waals surface area contributed by atoms with Gasteiger partial charge in [0.25, 0.3) is 0 Å². The minimum absolute atomic E-state index is 0.174. The average molecular weight is 553 g/mol. The molecule has 0 radical (unpaired) electrons. The van der Waals surface area contributed by atoms with Gasteiger partial charge in [-0.2, -0.15) is 0 Å². The van der Waals surface area contributed by atoms with Gasteiger partial charge in [0.1, 0.15) is 6.04 Å². The Labute approximate surface area is 222 Å². The molecule has 37 heavy (non-hydrogen) atoms. The molecule has 7 heteroatoms. The van der Waals surface area contributed by atoms with Gasteiger partial charge >= 0.3 is 0 Å². The van der Waals surface area contributed by atoms with E-state index in [2.05, 4.69) is 15.9 Å². The molecular weight excluding hydrogens is 532 g/mol. The molecule has 3 aliphatic heterocycles. The summed E-state index contributed by atoms with van der Waals surface area (Å²) in [4.78, 5) is 57.6. The lowest BCUT2D eigenvalue weighted by Crippen LogP contribution is -2.46. The summed E-state index contributed by atoms with van der Waals surface area (Å²) in [6.45, 7) is 0. The molecular formula is C30H21BrN2O4. The number of ketones is 2. The Morgan fingerprint density at radius 1 is 0.730 bits per heavy atom. The molecule has 182 valence electrons. The fourth-order valence-corrected chi connectivity index (χ4v) is 5.83.